The lowest BCUT2D eigenvalue weighted by molar-refractivity contribution is 0.160. The van der Waals surface area contributed by atoms with Gasteiger partial charge in [-0.3, -0.25) is 4.90 Å². The molecule has 1 unspecified atom stereocenters. The maximum absolute atomic E-state index is 12.0. The van der Waals surface area contributed by atoms with Crippen LogP contribution in [0.3, 0.4) is 0 Å². The highest BCUT2D eigenvalue weighted by Crippen LogP contribution is 2.43. The summed E-state index contributed by atoms with van der Waals surface area (Å²) < 4.78 is 0.513. The van der Waals surface area contributed by atoms with E-state index in [1.807, 2.05) is 37.8 Å². The Morgan fingerprint density at radius 1 is 1.37 bits per heavy atom. The zero-order valence-electron chi connectivity index (χ0n) is 12.7. The number of nitrogens with zero attached hydrogens (tertiary/aromatic N) is 3. The molecule has 2 aliphatic rings. The van der Waals surface area contributed by atoms with Gasteiger partial charge in [0, 0.05) is 51.6 Å². The maximum Gasteiger partial charge on any atom is 0.319 e. The van der Waals surface area contributed by atoms with E-state index in [0.29, 0.717) is 10.8 Å². The lowest BCUT2D eigenvalue weighted by Crippen LogP contribution is -2.47. The van der Waals surface area contributed by atoms with Crippen molar-refractivity contribution in [1.29, 1.82) is 0 Å². The average molecular weight is 285 g/mol. The van der Waals surface area contributed by atoms with Gasteiger partial charge in [-0.25, -0.2) is 4.79 Å². The van der Waals surface area contributed by atoms with E-state index >= 15 is 0 Å². The Kier molecular flexibility index (Phi) is 4.66. The van der Waals surface area contributed by atoms with Crippen molar-refractivity contribution in [3.05, 3.63) is 0 Å². The molecule has 1 heterocycles. The Hall–Kier alpha value is -0.420. The molecule has 110 valence electrons. The summed E-state index contributed by atoms with van der Waals surface area (Å²) in [5, 5.41) is 0. The van der Waals surface area contributed by atoms with Gasteiger partial charge in [-0.15, -0.1) is 0 Å². The molecule has 19 heavy (non-hydrogen) atoms. The SMILES string of the molecule is CSC1(CN2CCC(N(C)C(=O)N(C)C)C2)CCC1. The molecule has 0 bridgehead atoms. The van der Waals surface area contributed by atoms with Gasteiger partial charge < -0.3 is 9.80 Å². The van der Waals surface area contributed by atoms with Crippen molar-refractivity contribution in [3.63, 3.8) is 0 Å². The van der Waals surface area contributed by atoms with E-state index in [-0.39, 0.29) is 6.03 Å². The number of likely N-dealkylation sites (tertiary alicyclic amines) is 1. The molecule has 0 aromatic carbocycles. The summed E-state index contributed by atoms with van der Waals surface area (Å²) in [4.78, 5) is 18.1. The van der Waals surface area contributed by atoms with E-state index in [0.717, 1.165) is 19.5 Å². The summed E-state index contributed by atoms with van der Waals surface area (Å²) in [5.41, 5.74) is 0. The van der Waals surface area contributed by atoms with Gasteiger partial charge in [-0.05, 0) is 25.5 Å². The van der Waals surface area contributed by atoms with E-state index in [1.165, 1.54) is 25.8 Å². The van der Waals surface area contributed by atoms with Crippen LogP contribution in [0.5, 0.6) is 0 Å². The molecule has 2 rings (SSSR count). The zero-order chi connectivity index (χ0) is 14.0. The van der Waals surface area contributed by atoms with Crippen molar-refractivity contribution in [1.82, 2.24) is 14.7 Å². The van der Waals surface area contributed by atoms with Gasteiger partial charge in [0.15, 0.2) is 0 Å². The predicted molar refractivity (Wildman–Crippen MR) is 81.8 cm³/mol. The molecule has 2 fully saturated rings. The number of amides is 2. The Labute approximate surface area is 121 Å². The third kappa shape index (κ3) is 3.19. The van der Waals surface area contributed by atoms with Crippen molar-refractivity contribution in [2.24, 2.45) is 0 Å². The Morgan fingerprint density at radius 3 is 2.53 bits per heavy atom. The topological polar surface area (TPSA) is 26.8 Å². The van der Waals surface area contributed by atoms with Crippen LogP contribution in [0.1, 0.15) is 25.7 Å². The molecule has 1 saturated carbocycles. The highest BCUT2D eigenvalue weighted by molar-refractivity contribution is 8.00. The summed E-state index contributed by atoms with van der Waals surface area (Å²) in [7, 11) is 5.58. The second-order valence-corrected chi connectivity index (χ2v) is 7.48. The molecule has 0 N–H and O–H groups in total. The normalized spacial score (nSPS) is 26.0. The van der Waals surface area contributed by atoms with Crippen molar-refractivity contribution < 1.29 is 4.79 Å². The number of likely N-dealkylation sites (N-methyl/N-ethyl adjacent to an activating group) is 1. The van der Waals surface area contributed by atoms with Crippen molar-refractivity contribution in [3.8, 4) is 0 Å². The molecule has 1 aliphatic carbocycles. The minimum Gasteiger partial charge on any atom is -0.331 e. The van der Waals surface area contributed by atoms with Gasteiger partial charge in [0.05, 0.1) is 0 Å². The van der Waals surface area contributed by atoms with E-state index in [9.17, 15) is 4.79 Å². The fourth-order valence-corrected chi connectivity index (χ4v) is 4.16. The van der Waals surface area contributed by atoms with Crippen molar-refractivity contribution >= 4 is 17.8 Å². The molecule has 4 nitrogen and oxygen atoms in total. The van der Waals surface area contributed by atoms with Crippen LogP contribution in [0.15, 0.2) is 0 Å². The highest BCUT2D eigenvalue weighted by atomic mass is 32.2. The second-order valence-electron chi connectivity index (χ2n) is 6.21. The van der Waals surface area contributed by atoms with Crippen molar-refractivity contribution in [2.45, 2.75) is 36.5 Å². The minimum atomic E-state index is 0.120. The van der Waals surface area contributed by atoms with Crippen LogP contribution < -0.4 is 0 Å². The summed E-state index contributed by atoms with van der Waals surface area (Å²) >= 11 is 2.04. The first-order valence-electron chi connectivity index (χ1n) is 7.19. The minimum absolute atomic E-state index is 0.120. The number of hydrogen-bond donors (Lipinski definition) is 0. The summed E-state index contributed by atoms with van der Waals surface area (Å²) in [6.07, 6.45) is 7.47. The molecular formula is C14H27N3OS. The standard InChI is InChI=1S/C14H27N3OS/c1-15(2)13(18)16(3)12-6-9-17(10-12)11-14(19-4)7-5-8-14/h12H,5-11H2,1-4H3. The van der Waals surface area contributed by atoms with Crippen LogP contribution in [0.25, 0.3) is 0 Å². The van der Waals surface area contributed by atoms with Crippen LogP contribution in [0.4, 0.5) is 4.79 Å². The number of rotatable bonds is 4. The molecular weight excluding hydrogens is 258 g/mol. The van der Waals surface area contributed by atoms with Gasteiger partial charge in [-0.2, -0.15) is 11.8 Å². The van der Waals surface area contributed by atoms with E-state index < -0.39 is 0 Å². The summed E-state index contributed by atoms with van der Waals surface area (Å²) in [6, 6.07) is 0.504. The lowest BCUT2D eigenvalue weighted by atomic mass is 9.84. The lowest BCUT2D eigenvalue weighted by Gasteiger charge is -2.43. The predicted octanol–water partition coefficient (Wildman–Crippen LogP) is 1.96. The number of hydrogen-bond acceptors (Lipinski definition) is 3. The largest absolute Gasteiger partial charge is 0.331 e. The molecule has 1 saturated heterocycles. The molecule has 0 radical (unpaired) electrons. The fraction of sp³-hybridized carbons (Fsp3) is 0.929. The Balaban J connectivity index is 1.84. The monoisotopic (exact) mass is 285 g/mol. The van der Waals surface area contributed by atoms with Crippen LogP contribution in [-0.4, -0.2) is 78.6 Å². The Bertz CT molecular complexity index is 325. The molecule has 1 aliphatic heterocycles. The Morgan fingerprint density at radius 2 is 2.05 bits per heavy atom. The molecule has 2 amide bonds. The van der Waals surface area contributed by atoms with Gasteiger partial charge in [-0.1, -0.05) is 6.42 Å². The van der Waals surface area contributed by atoms with Gasteiger partial charge >= 0.3 is 6.03 Å². The average Bonchev–Trinajstić information content (AvgIpc) is 2.80. The van der Waals surface area contributed by atoms with Crippen LogP contribution in [0, 0.1) is 0 Å². The van der Waals surface area contributed by atoms with Crippen LogP contribution in [0.2, 0.25) is 0 Å². The fourth-order valence-electron chi connectivity index (χ4n) is 3.15. The third-order valence-corrected chi connectivity index (χ3v) is 6.09. The number of thioether (sulfide) groups is 1. The summed E-state index contributed by atoms with van der Waals surface area (Å²) in [6.45, 7) is 3.38. The quantitative estimate of drug-likeness (QED) is 0.790. The van der Waals surface area contributed by atoms with Crippen LogP contribution >= 0.6 is 11.8 Å². The van der Waals surface area contributed by atoms with Gasteiger partial charge in [0.2, 0.25) is 0 Å². The summed E-state index contributed by atoms with van der Waals surface area (Å²) in [5.74, 6) is 0. The van der Waals surface area contributed by atoms with Crippen molar-refractivity contribution in [2.75, 3.05) is 47.0 Å². The van der Waals surface area contributed by atoms with E-state index in [2.05, 4.69) is 11.2 Å². The van der Waals surface area contributed by atoms with Gasteiger partial charge in [0.25, 0.3) is 0 Å². The molecule has 0 spiro atoms. The van der Waals surface area contributed by atoms with Gasteiger partial charge in [0.1, 0.15) is 0 Å². The molecule has 0 aromatic rings. The molecule has 1 atom stereocenters. The molecule has 0 aromatic heterocycles. The first-order valence-corrected chi connectivity index (χ1v) is 8.41. The second kappa shape index (κ2) is 5.92. The first-order chi connectivity index (χ1) is 8.97. The number of carbonyl (C=O) groups is 1. The number of urea groups is 1. The third-order valence-electron chi connectivity index (χ3n) is 4.69. The number of carbonyl (C=O) groups excluding carboxylic acids is 1. The van der Waals surface area contributed by atoms with E-state index in [1.54, 1.807) is 4.90 Å². The van der Waals surface area contributed by atoms with Crippen LogP contribution in [-0.2, 0) is 0 Å². The van der Waals surface area contributed by atoms with E-state index in [4.69, 9.17) is 0 Å². The highest BCUT2D eigenvalue weighted by Gasteiger charge is 2.40. The maximum atomic E-state index is 12.0. The first kappa shape index (κ1) is 15.0. The zero-order valence-corrected chi connectivity index (χ0v) is 13.5. The smallest absolute Gasteiger partial charge is 0.319 e. The molecule has 5 heteroatoms.